The van der Waals surface area contributed by atoms with Gasteiger partial charge >= 0.3 is 5.97 Å². The molecule has 0 spiro atoms. The number of nitrogens with zero attached hydrogens (tertiary/aromatic N) is 4. The van der Waals surface area contributed by atoms with Crippen molar-refractivity contribution in [1.82, 2.24) is 19.6 Å². The molecule has 9 nitrogen and oxygen atoms in total. The standard InChI is InChI=1S/C25H34N4O5S/c1-6-18-9-11-19(12-10-18)23(31)28-14-7-8-20(16-28)27(3)21(30)13-15-29-24(35(5)33)22(17(2)26-29)25(32)34-4/h9-12,20H,6-8,13-16H2,1-5H3/t20-,35?/m0/s1. The van der Waals surface area contributed by atoms with E-state index >= 15 is 0 Å². The van der Waals surface area contributed by atoms with Crippen molar-refractivity contribution in [3.63, 3.8) is 0 Å². The van der Waals surface area contributed by atoms with Gasteiger partial charge < -0.3 is 14.5 Å². The van der Waals surface area contributed by atoms with Crippen molar-refractivity contribution in [2.24, 2.45) is 0 Å². The molecule has 2 heterocycles. The van der Waals surface area contributed by atoms with Crippen LogP contribution in [0.5, 0.6) is 0 Å². The normalized spacial score (nSPS) is 16.6. The molecule has 1 aliphatic rings. The summed E-state index contributed by atoms with van der Waals surface area (Å²) >= 11 is 0. The third-order valence-corrected chi connectivity index (χ3v) is 7.47. The Balaban J connectivity index is 1.65. The predicted molar refractivity (Wildman–Crippen MR) is 133 cm³/mol. The zero-order valence-electron chi connectivity index (χ0n) is 21.1. The van der Waals surface area contributed by atoms with Crippen LogP contribution in [-0.4, -0.2) is 81.1 Å². The highest BCUT2D eigenvalue weighted by molar-refractivity contribution is 7.84. The van der Waals surface area contributed by atoms with E-state index in [4.69, 9.17) is 4.74 Å². The van der Waals surface area contributed by atoms with Gasteiger partial charge in [-0.3, -0.25) is 18.5 Å². The number of carbonyl (C=O) groups excluding carboxylic acids is 3. The lowest BCUT2D eigenvalue weighted by molar-refractivity contribution is -0.133. The molecule has 1 unspecified atom stereocenters. The summed E-state index contributed by atoms with van der Waals surface area (Å²) in [5.74, 6) is -0.716. The fourth-order valence-electron chi connectivity index (χ4n) is 4.44. The lowest BCUT2D eigenvalue weighted by Gasteiger charge is -2.37. The van der Waals surface area contributed by atoms with E-state index in [2.05, 4.69) is 12.0 Å². The van der Waals surface area contributed by atoms with E-state index < -0.39 is 16.8 Å². The van der Waals surface area contributed by atoms with E-state index in [0.29, 0.717) is 24.3 Å². The molecule has 2 aromatic rings. The van der Waals surface area contributed by atoms with Crippen molar-refractivity contribution < 1.29 is 23.3 Å². The average Bonchev–Trinajstić information content (AvgIpc) is 3.22. The molecule has 1 saturated heterocycles. The molecule has 0 N–H and O–H groups in total. The number of carbonyl (C=O) groups is 3. The van der Waals surface area contributed by atoms with Crippen molar-refractivity contribution in [2.45, 2.75) is 57.1 Å². The van der Waals surface area contributed by atoms with Gasteiger partial charge in [0.05, 0.1) is 30.1 Å². The fourth-order valence-corrected chi connectivity index (χ4v) is 5.39. The summed E-state index contributed by atoms with van der Waals surface area (Å²) in [7, 11) is 1.53. The van der Waals surface area contributed by atoms with E-state index in [1.54, 1.807) is 18.9 Å². The van der Waals surface area contributed by atoms with Gasteiger partial charge in [0.15, 0.2) is 0 Å². The number of rotatable bonds is 8. The number of likely N-dealkylation sites (N-methyl/N-ethyl adjacent to an activating group) is 1. The SMILES string of the molecule is CCc1ccc(C(=O)N2CCC[C@H](N(C)C(=O)CCn3nc(C)c(C(=O)OC)c3S(C)=O)C2)cc1. The number of amides is 2. The Labute approximate surface area is 208 Å². The zero-order valence-corrected chi connectivity index (χ0v) is 21.9. The lowest BCUT2D eigenvalue weighted by atomic mass is 10.0. The van der Waals surface area contributed by atoms with Crippen LogP contribution in [0.15, 0.2) is 29.3 Å². The van der Waals surface area contributed by atoms with Crippen LogP contribution in [-0.2, 0) is 33.3 Å². The quantitative estimate of drug-likeness (QED) is 0.514. The second-order valence-corrected chi connectivity index (χ2v) is 10.1. The van der Waals surface area contributed by atoms with Crippen molar-refractivity contribution in [3.8, 4) is 0 Å². The highest BCUT2D eigenvalue weighted by Crippen LogP contribution is 2.21. The largest absolute Gasteiger partial charge is 0.465 e. The van der Waals surface area contributed by atoms with Gasteiger partial charge in [0.2, 0.25) is 5.91 Å². The molecule has 10 heteroatoms. The van der Waals surface area contributed by atoms with Gasteiger partial charge in [-0.2, -0.15) is 5.10 Å². The molecule has 0 saturated carbocycles. The van der Waals surface area contributed by atoms with Crippen LogP contribution in [0.3, 0.4) is 0 Å². The first-order valence-corrected chi connectivity index (χ1v) is 13.4. The average molecular weight is 503 g/mol. The summed E-state index contributed by atoms with van der Waals surface area (Å²) < 4.78 is 18.6. The van der Waals surface area contributed by atoms with Gasteiger partial charge in [-0.05, 0) is 43.9 Å². The molecule has 1 fully saturated rings. The van der Waals surface area contributed by atoms with Crippen LogP contribution in [0.1, 0.15) is 58.2 Å². The Bertz CT molecular complexity index is 1110. The summed E-state index contributed by atoms with van der Waals surface area (Å²) in [5, 5.41) is 4.58. The Morgan fingerprint density at radius 2 is 1.91 bits per heavy atom. The minimum atomic E-state index is -1.48. The topological polar surface area (TPSA) is 102 Å². The number of hydrogen-bond donors (Lipinski definition) is 0. The maximum Gasteiger partial charge on any atom is 0.342 e. The maximum atomic E-state index is 13.0. The molecule has 1 aliphatic heterocycles. The van der Waals surface area contributed by atoms with E-state index in [1.807, 2.05) is 29.2 Å². The molecule has 1 aromatic carbocycles. The minimum Gasteiger partial charge on any atom is -0.465 e. The molecule has 0 bridgehead atoms. The van der Waals surface area contributed by atoms with Gasteiger partial charge in [0.25, 0.3) is 5.91 Å². The molecule has 0 radical (unpaired) electrons. The number of aryl methyl sites for hydroxylation is 3. The molecule has 0 aliphatic carbocycles. The highest BCUT2D eigenvalue weighted by Gasteiger charge is 2.30. The van der Waals surface area contributed by atoms with Crippen molar-refractivity contribution in [2.75, 3.05) is 33.5 Å². The summed E-state index contributed by atoms with van der Waals surface area (Å²) in [6.45, 7) is 5.06. The Morgan fingerprint density at radius 3 is 2.51 bits per heavy atom. The van der Waals surface area contributed by atoms with E-state index in [-0.39, 0.29) is 41.4 Å². The fraction of sp³-hybridized carbons (Fsp3) is 0.520. The van der Waals surface area contributed by atoms with Crippen LogP contribution < -0.4 is 0 Å². The van der Waals surface area contributed by atoms with Gasteiger partial charge in [-0.15, -0.1) is 0 Å². The van der Waals surface area contributed by atoms with Crippen molar-refractivity contribution in [1.29, 1.82) is 0 Å². The van der Waals surface area contributed by atoms with Crippen LogP contribution in [0, 0.1) is 6.92 Å². The van der Waals surface area contributed by atoms with Crippen LogP contribution in [0.2, 0.25) is 0 Å². The molecule has 2 atom stereocenters. The number of likely N-dealkylation sites (tertiary alicyclic amines) is 1. The van der Waals surface area contributed by atoms with Crippen molar-refractivity contribution >= 4 is 28.6 Å². The molecule has 190 valence electrons. The van der Waals surface area contributed by atoms with Gasteiger partial charge in [-0.1, -0.05) is 19.1 Å². The third kappa shape index (κ3) is 5.98. The minimum absolute atomic E-state index is 0.0179. The molecule has 2 amide bonds. The number of piperidine rings is 1. The van der Waals surface area contributed by atoms with Crippen LogP contribution in [0.4, 0.5) is 0 Å². The number of hydrogen-bond acceptors (Lipinski definition) is 6. The Morgan fingerprint density at radius 1 is 1.23 bits per heavy atom. The number of aromatic nitrogens is 2. The first kappa shape index (κ1) is 26.6. The molecule has 3 rings (SSSR count). The van der Waals surface area contributed by atoms with Gasteiger partial charge in [0.1, 0.15) is 10.6 Å². The summed E-state index contributed by atoms with van der Waals surface area (Å²) in [6.07, 6.45) is 4.16. The Kier molecular flexibility index (Phi) is 8.82. The number of methoxy groups -OCH3 is 1. The van der Waals surface area contributed by atoms with Crippen LogP contribution in [0.25, 0.3) is 0 Å². The summed E-state index contributed by atoms with van der Waals surface area (Å²) in [5.41, 5.74) is 2.44. The molecule has 35 heavy (non-hydrogen) atoms. The molecular formula is C25H34N4O5S. The van der Waals surface area contributed by atoms with E-state index in [0.717, 1.165) is 19.3 Å². The zero-order chi connectivity index (χ0) is 25.7. The second-order valence-electron chi connectivity index (χ2n) is 8.79. The van der Waals surface area contributed by atoms with Crippen LogP contribution >= 0.6 is 0 Å². The molecular weight excluding hydrogens is 468 g/mol. The summed E-state index contributed by atoms with van der Waals surface area (Å²) in [4.78, 5) is 41.7. The van der Waals surface area contributed by atoms with E-state index in [9.17, 15) is 18.6 Å². The van der Waals surface area contributed by atoms with E-state index in [1.165, 1.54) is 23.6 Å². The predicted octanol–water partition coefficient (Wildman–Crippen LogP) is 2.43. The first-order valence-electron chi connectivity index (χ1n) is 11.8. The smallest absolute Gasteiger partial charge is 0.342 e. The van der Waals surface area contributed by atoms with Gasteiger partial charge in [0, 0.05) is 44.4 Å². The number of ether oxygens (including phenoxy) is 1. The van der Waals surface area contributed by atoms with Crippen molar-refractivity contribution in [3.05, 3.63) is 46.6 Å². The third-order valence-electron chi connectivity index (χ3n) is 6.51. The highest BCUT2D eigenvalue weighted by atomic mass is 32.2. The maximum absolute atomic E-state index is 13.0. The van der Waals surface area contributed by atoms with Gasteiger partial charge in [-0.25, -0.2) is 4.79 Å². The number of esters is 1. The summed E-state index contributed by atoms with van der Waals surface area (Å²) in [6, 6.07) is 7.60. The Hall–Kier alpha value is -3.01. The molecule has 1 aromatic heterocycles. The lowest BCUT2D eigenvalue weighted by Crippen LogP contribution is -2.50. The second kappa shape index (κ2) is 11.6. The monoisotopic (exact) mass is 502 g/mol. The number of benzene rings is 1. The first-order chi connectivity index (χ1) is 16.7.